The Morgan fingerprint density at radius 2 is 1.89 bits per heavy atom. The molecule has 0 bridgehead atoms. The molecule has 0 aromatic rings. The van der Waals surface area contributed by atoms with Crippen molar-refractivity contribution in [1.82, 2.24) is 15.1 Å². The molecule has 0 aromatic carbocycles. The van der Waals surface area contributed by atoms with Crippen molar-refractivity contribution >= 4 is 11.8 Å². The second-order valence-electron chi connectivity index (χ2n) is 5.72. The molecule has 102 valence electrons. The predicted molar refractivity (Wildman–Crippen MR) is 69.0 cm³/mol. The number of carbonyl (C=O) groups excluding carboxylic acids is 2. The minimum Gasteiger partial charge on any atom is -0.346 e. The molecule has 0 saturated carbocycles. The molecule has 18 heavy (non-hydrogen) atoms. The first-order valence-corrected chi connectivity index (χ1v) is 6.76. The Labute approximate surface area is 108 Å². The van der Waals surface area contributed by atoms with Crippen molar-refractivity contribution in [1.29, 1.82) is 0 Å². The molecule has 2 aliphatic heterocycles. The number of rotatable bonds is 1. The third-order valence-electron chi connectivity index (χ3n) is 3.88. The van der Waals surface area contributed by atoms with Crippen LogP contribution in [0.5, 0.6) is 0 Å². The van der Waals surface area contributed by atoms with Crippen LogP contribution in [0.2, 0.25) is 0 Å². The van der Waals surface area contributed by atoms with Crippen molar-refractivity contribution in [3.05, 3.63) is 0 Å². The molecule has 2 fully saturated rings. The molecule has 0 aliphatic carbocycles. The molecule has 3 atom stereocenters. The van der Waals surface area contributed by atoms with E-state index < -0.39 is 0 Å². The van der Waals surface area contributed by atoms with E-state index in [2.05, 4.69) is 19.2 Å². The van der Waals surface area contributed by atoms with E-state index in [1.807, 2.05) is 4.90 Å². The smallest absolute Gasteiger partial charge is 0.226 e. The number of piperazine rings is 1. The maximum atomic E-state index is 12.4. The molecular formula is C13H23N3O2. The lowest BCUT2D eigenvalue weighted by molar-refractivity contribution is -0.145. The van der Waals surface area contributed by atoms with E-state index in [1.54, 1.807) is 11.9 Å². The second kappa shape index (κ2) is 5.26. The van der Waals surface area contributed by atoms with E-state index in [-0.39, 0.29) is 17.7 Å². The molecule has 0 aromatic heterocycles. The largest absolute Gasteiger partial charge is 0.346 e. The van der Waals surface area contributed by atoms with Crippen LogP contribution in [-0.4, -0.2) is 60.4 Å². The van der Waals surface area contributed by atoms with E-state index in [9.17, 15) is 9.59 Å². The minimum absolute atomic E-state index is 0.0934. The molecule has 2 heterocycles. The van der Waals surface area contributed by atoms with Crippen LogP contribution in [0, 0.1) is 5.92 Å². The van der Waals surface area contributed by atoms with Crippen molar-refractivity contribution in [3.63, 3.8) is 0 Å². The zero-order valence-electron chi connectivity index (χ0n) is 11.5. The Kier molecular flexibility index (Phi) is 3.90. The molecule has 0 unspecified atom stereocenters. The van der Waals surface area contributed by atoms with Crippen molar-refractivity contribution in [2.45, 2.75) is 38.8 Å². The van der Waals surface area contributed by atoms with E-state index in [1.165, 1.54) is 0 Å². The quantitative estimate of drug-likeness (QED) is 0.719. The Hall–Kier alpha value is -1.10. The van der Waals surface area contributed by atoms with Crippen LogP contribution in [0.15, 0.2) is 0 Å². The molecule has 2 amide bonds. The molecule has 2 saturated heterocycles. The number of hydrogen-bond donors (Lipinski definition) is 1. The number of nitrogens with zero attached hydrogens (tertiary/aromatic N) is 2. The fourth-order valence-corrected chi connectivity index (χ4v) is 2.92. The zero-order chi connectivity index (χ0) is 13.3. The number of piperidine rings is 1. The van der Waals surface area contributed by atoms with Gasteiger partial charge in [-0.2, -0.15) is 0 Å². The summed E-state index contributed by atoms with van der Waals surface area (Å²) in [4.78, 5) is 27.7. The summed E-state index contributed by atoms with van der Waals surface area (Å²) in [7, 11) is 1.80. The average Bonchev–Trinajstić information content (AvgIpc) is 2.30. The highest BCUT2D eigenvalue weighted by atomic mass is 16.2. The number of hydrogen-bond acceptors (Lipinski definition) is 3. The second-order valence-corrected chi connectivity index (χ2v) is 5.72. The normalized spacial score (nSPS) is 33.7. The zero-order valence-corrected chi connectivity index (χ0v) is 11.5. The first-order chi connectivity index (χ1) is 8.47. The van der Waals surface area contributed by atoms with Gasteiger partial charge >= 0.3 is 0 Å². The molecular weight excluding hydrogens is 230 g/mol. The third-order valence-corrected chi connectivity index (χ3v) is 3.88. The lowest BCUT2D eigenvalue weighted by Gasteiger charge is -2.39. The van der Waals surface area contributed by atoms with Crippen LogP contribution in [0.1, 0.15) is 26.7 Å². The minimum atomic E-state index is -0.105. The standard InChI is InChI=1S/C13H23N3O2/c1-9-7-16(8-10(2)14-9)13(18)11-4-5-15(3)12(17)6-11/h9-11,14H,4-8H2,1-3H3/t9-,10-,11-/m1/s1. The average molecular weight is 253 g/mol. The highest BCUT2D eigenvalue weighted by Gasteiger charge is 2.34. The topological polar surface area (TPSA) is 52.7 Å². The molecule has 2 rings (SSSR count). The van der Waals surface area contributed by atoms with Crippen LogP contribution in [-0.2, 0) is 9.59 Å². The van der Waals surface area contributed by atoms with Crippen LogP contribution < -0.4 is 5.32 Å². The van der Waals surface area contributed by atoms with Gasteiger partial charge in [0.05, 0.1) is 0 Å². The summed E-state index contributed by atoms with van der Waals surface area (Å²) in [6.07, 6.45) is 1.18. The fraction of sp³-hybridized carbons (Fsp3) is 0.846. The van der Waals surface area contributed by atoms with Crippen molar-refractivity contribution in [3.8, 4) is 0 Å². The monoisotopic (exact) mass is 253 g/mol. The Balaban J connectivity index is 1.96. The van der Waals surface area contributed by atoms with Crippen LogP contribution in [0.4, 0.5) is 0 Å². The van der Waals surface area contributed by atoms with Crippen molar-refractivity contribution in [2.24, 2.45) is 5.92 Å². The van der Waals surface area contributed by atoms with Crippen LogP contribution in [0.25, 0.3) is 0 Å². The predicted octanol–water partition coefficient (Wildman–Crippen LogP) is 0.0636. The van der Waals surface area contributed by atoms with E-state index in [0.29, 0.717) is 25.0 Å². The Morgan fingerprint density at radius 3 is 2.44 bits per heavy atom. The maximum Gasteiger partial charge on any atom is 0.226 e. The summed E-state index contributed by atoms with van der Waals surface area (Å²) < 4.78 is 0. The van der Waals surface area contributed by atoms with Crippen LogP contribution in [0.3, 0.4) is 0 Å². The first kappa shape index (κ1) is 13.3. The van der Waals surface area contributed by atoms with Crippen molar-refractivity contribution in [2.75, 3.05) is 26.7 Å². The molecule has 2 aliphatic rings. The SMILES string of the molecule is C[C@@H]1CN(C(=O)[C@@H]2CCN(C)C(=O)C2)C[C@@H](C)N1. The Bertz CT molecular complexity index is 335. The summed E-state index contributed by atoms with van der Waals surface area (Å²) in [6, 6.07) is 0.666. The highest BCUT2D eigenvalue weighted by Crippen LogP contribution is 2.21. The highest BCUT2D eigenvalue weighted by molar-refractivity contribution is 5.87. The van der Waals surface area contributed by atoms with Gasteiger partial charge in [-0.15, -0.1) is 0 Å². The summed E-state index contributed by atoms with van der Waals surface area (Å²) in [5, 5.41) is 3.41. The molecule has 0 radical (unpaired) electrons. The third kappa shape index (κ3) is 2.83. The molecule has 5 heteroatoms. The van der Waals surface area contributed by atoms with E-state index in [0.717, 1.165) is 19.5 Å². The van der Waals surface area contributed by atoms with E-state index in [4.69, 9.17) is 0 Å². The summed E-state index contributed by atoms with van der Waals surface area (Å²) >= 11 is 0. The van der Waals surface area contributed by atoms with Gasteiger partial charge in [0.15, 0.2) is 0 Å². The lowest BCUT2D eigenvalue weighted by atomic mass is 9.94. The van der Waals surface area contributed by atoms with Gasteiger partial charge in [-0.1, -0.05) is 0 Å². The van der Waals surface area contributed by atoms with Gasteiger partial charge in [0, 0.05) is 51.1 Å². The maximum absolute atomic E-state index is 12.4. The van der Waals surface area contributed by atoms with Crippen LogP contribution >= 0.6 is 0 Å². The van der Waals surface area contributed by atoms with Gasteiger partial charge < -0.3 is 15.1 Å². The fourth-order valence-electron chi connectivity index (χ4n) is 2.92. The summed E-state index contributed by atoms with van der Waals surface area (Å²) in [5.74, 6) is 0.152. The molecule has 1 N–H and O–H groups in total. The van der Waals surface area contributed by atoms with Gasteiger partial charge in [0.2, 0.25) is 11.8 Å². The summed E-state index contributed by atoms with van der Waals surface area (Å²) in [5.41, 5.74) is 0. The molecule has 0 spiro atoms. The first-order valence-electron chi connectivity index (χ1n) is 6.76. The van der Waals surface area contributed by atoms with Gasteiger partial charge in [0.25, 0.3) is 0 Å². The van der Waals surface area contributed by atoms with E-state index >= 15 is 0 Å². The Morgan fingerprint density at radius 1 is 1.28 bits per heavy atom. The number of amides is 2. The van der Waals surface area contributed by atoms with Gasteiger partial charge in [-0.05, 0) is 20.3 Å². The number of likely N-dealkylation sites (tertiary alicyclic amines) is 1. The van der Waals surface area contributed by atoms with Gasteiger partial charge in [-0.25, -0.2) is 0 Å². The number of carbonyl (C=O) groups is 2. The van der Waals surface area contributed by atoms with Crippen molar-refractivity contribution < 1.29 is 9.59 Å². The van der Waals surface area contributed by atoms with Gasteiger partial charge in [-0.3, -0.25) is 9.59 Å². The number of nitrogens with one attached hydrogen (secondary N) is 1. The lowest BCUT2D eigenvalue weighted by Crippen LogP contribution is -2.57. The van der Waals surface area contributed by atoms with Gasteiger partial charge in [0.1, 0.15) is 0 Å². The molecule has 5 nitrogen and oxygen atoms in total. The summed E-state index contributed by atoms with van der Waals surface area (Å²) in [6.45, 7) is 6.39.